The van der Waals surface area contributed by atoms with Crippen molar-refractivity contribution in [3.05, 3.63) is 236 Å². The van der Waals surface area contributed by atoms with Crippen LogP contribution in [-0.4, -0.2) is 14.5 Å². The van der Waals surface area contributed by atoms with E-state index in [1.807, 2.05) is 24.3 Å². The van der Waals surface area contributed by atoms with Crippen LogP contribution in [0.5, 0.6) is 0 Å². The average Bonchev–Trinajstić information content (AvgIpc) is 3.69. The molecule has 0 radical (unpaired) electrons. The molecule has 3 nitrogen and oxygen atoms in total. The van der Waals surface area contributed by atoms with Crippen LogP contribution in [0.2, 0.25) is 0 Å². The van der Waals surface area contributed by atoms with E-state index < -0.39 is 0 Å². The molecular weight excluding hydrogens is 775 g/mol. The molecule has 304 valence electrons. The van der Waals surface area contributed by atoms with Gasteiger partial charge in [-0.15, -0.1) is 0 Å². The molecule has 2 heterocycles. The summed E-state index contributed by atoms with van der Waals surface area (Å²) in [5.41, 5.74) is 18.7. The molecule has 0 spiro atoms. The summed E-state index contributed by atoms with van der Waals surface area (Å²) in [6, 6.07) is 82.9. The van der Waals surface area contributed by atoms with Gasteiger partial charge >= 0.3 is 0 Å². The van der Waals surface area contributed by atoms with Crippen molar-refractivity contribution in [1.29, 1.82) is 0 Å². The van der Waals surface area contributed by atoms with Gasteiger partial charge in [-0.2, -0.15) is 0 Å². The number of aromatic nitrogens is 3. The fraction of sp³-hybridized carbons (Fsp3) is 0.0492. The zero-order chi connectivity index (χ0) is 43.0. The minimum atomic E-state index is 0.406. The molecule has 0 unspecified atom stereocenters. The van der Waals surface area contributed by atoms with E-state index in [0.717, 1.165) is 67.1 Å². The Labute approximate surface area is 374 Å². The molecule has 9 aromatic carbocycles. The van der Waals surface area contributed by atoms with Gasteiger partial charge in [0.25, 0.3) is 0 Å². The molecule has 11 rings (SSSR count). The minimum Gasteiger partial charge on any atom is -0.308 e. The Balaban J connectivity index is 1.25. The molecule has 0 bridgehead atoms. The first kappa shape index (κ1) is 38.8. The average molecular weight is 820 g/mol. The van der Waals surface area contributed by atoms with E-state index in [1.54, 1.807) is 0 Å². The number of nitrogens with zero attached hydrogens (tertiary/aromatic N) is 3. The summed E-state index contributed by atoms with van der Waals surface area (Å²) in [4.78, 5) is 10.5. The van der Waals surface area contributed by atoms with E-state index in [4.69, 9.17) is 9.97 Å². The molecule has 0 amide bonds. The Bertz CT molecular complexity index is 3260. The van der Waals surface area contributed by atoms with E-state index in [0.29, 0.717) is 11.7 Å². The van der Waals surface area contributed by atoms with Crippen LogP contribution < -0.4 is 0 Å². The topological polar surface area (TPSA) is 30.7 Å². The molecule has 11 aromatic rings. The van der Waals surface area contributed by atoms with Gasteiger partial charge in [0.05, 0.1) is 28.1 Å². The van der Waals surface area contributed by atoms with Crippen molar-refractivity contribution < 1.29 is 0 Å². The maximum Gasteiger partial charge on any atom is 0.160 e. The summed E-state index contributed by atoms with van der Waals surface area (Å²) in [5, 5.41) is 2.41. The number of hydrogen-bond donors (Lipinski definition) is 0. The third-order valence-corrected chi connectivity index (χ3v) is 12.4. The fourth-order valence-corrected chi connectivity index (χ4v) is 9.08. The van der Waals surface area contributed by atoms with Gasteiger partial charge in [0.15, 0.2) is 5.82 Å². The predicted molar refractivity (Wildman–Crippen MR) is 269 cm³/mol. The Morgan fingerprint density at radius 1 is 0.328 bits per heavy atom. The van der Waals surface area contributed by atoms with Gasteiger partial charge in [-0.1, -0.05) is 202 Å². The van der Waals surface area contributed by atoms with Gasteiger partial charge in [0.2, 0.25) is 0 Å². The molecule has 0 aliphatic rings. The highest BCUT2D eigenvalue weighted by Gasteiger charge is 2.23. The van der Waals surface area contributed by atoms with Gasteiger partial charge < -0.3 is 4.57 Å². The second kappa shape index (κ2) is 16.6. The third kappa shape index (κ3) is 7.27. The minimum absolute atomic E-state index is 0.406. The summed E-state index contributed by atoms with van der Waals surface area (Å²) in [6.07, 6.45) is 0. The van der Waals surface area contributed by atoms with Crippen LogP contribution in [0.1, 0.15) is 25.3 Å². The standard InChI is InChI=1S/C61H45N3/c1-41(2)42-28-30-46(31-29-42)53-39-51(57-40-56(47-24-14-6-15-25-47)62-61(63-57)48-26-16-7-17-27-48)38-52(45-22-12-5-13-23-45)60(53)64-58-34-32-49(43-18-8-3-9-19-43)36-54(58)55-37-50(33-35-59(55)64)44-20-10-4-11-21-44/h3-41H,1-2H3. The Hall–Kier alpha value is -8.14. The van der Waals surface area contributed by atoms with Crippen LogP contribution in [0.4, 0.5) is 0 Å². The number of fused-ring (bicyclic) bond motifs is 3. The molecule has 3 heteroatoms. The lowest BCUT2D eigenvalue weighted by molar-refractivity contribution is 0.867. The molecule has 0 saturated carbocycles. The summed E-state index contributed by atoms with van der Waals surface area (Å²) < 4.78 is 2.51. The van der Waals surface area contributed by atoms with E-state index in [2.05, 4.69) is 225 Å². The normalized spacial score (nSPS) is 11.4. The summed E-state index contributed by atoms with van der Waals surface area (Å²) in [7, 11) is 0. The van der Waals surface area contributed by atoms with Crippen LogP contribution in [0.15, 0.2) is 231 Å². The highest BCUT2D eigenvalue weighted by Crippen LogP contribution is 2.45. The lowest BCUT2D eigenvalue weighted by Crippen LogP contribution is -2.03. The van der Waals surface area contributed by atoms with Crippen LogP contribution >= 0.6 is 0 Å². The molecule has 0 aliphatic carbocycles. The van der Waals surface area contributed by atoms with Gasteiger partial charge in [-0.25, -0.2) is 9.97 Å². The van der Waals surface area contributed by atoms with Crippen molar-refractivity contribution in [2.24, 2.45) is 0 Å². The SMILES string of the molecule is CC(C)c1ccc(-c2cc(-c3cc(-c4ccccc4)nc(-c4ccccc4)n3)cc(-c3ccccc3)c2-n2c3ccc(-c4ccccc4)cc3c3cc(-c4ccccc4)ccc32)cc1. The van der Waals surface area contributed by atoms with Crippen molar-refractivity contribution in [2.45, 2.75) is 19.8 Å². The predicted octanol–water partition coefficient (Wildman–Crippen LogP) is 16.4. The largest absolute Gasteiger partial charge is 0.308 e. The molecule has 0 fully saturated rings. The zero-order valence-corrected chi connectivity index (χ0v) is 35.9. The molecular formula is C61H45N3. The number of benzene rings is 9. The fourth-order valence-electron chi connectivity index (χ4n) is 9.08. The Morgan fingerprint density at radius 2 is 0.719 bits per heavy atom. The smallest absolute Gasteiger partial charge is 0.160 e. The van der Waals surface area contributed by atoms with Crippen molar-refractivity contribution in [3.63, 3.8) is 0 Å². The first-order chi connectivity index (χ1) is 31.6. The lowest BCUT2D eigenvalue weighted by Gasteiger charge is -2.22. The van der Waals surface area contributed by atoms with Gasteiger partial charge in [-0.05, 0) is 87.3 Å². The summed E-state index contributed by atoms with van der Waals surface area (Å²) in [5.74, 6) is 1.10. The highest BCUT2D eigenvalue weighted by molar-refractivity contribution is 6.13. The maximum absolute atomic E-state index is 5.36. The molecule has 2 aromatic heterocycles. The van der Waals surface area contributed by atoms with Crippen LogP contribution in [-0.2, 0) is 0 Å². The van der Waals surface area contributed by atoms with Crippen LogP contribution in [0.3, 0.4) is 0 Å². The molecule has 0 N–H and O–H groups in total. The van der Waals surface area contributed by atoms with Crippen molar-refractivity contribution >= 4 is 21.8 Å². The number of rotatable bonds is 9. The third-order valence-electron chi connectivity index (χ3n) is 12.4. The van der Waals surface area contributed by atoms with E-state index in [1.165, 1.54) is 38.6 Å². The lowest BCUT2D eigenvalue weighted by atomic mass is 9.90. The molecule has 64 heavy (non-hydrogen) atoms. The van der Waals surface area contributed by atoms with Crippen LogP contribution in [0, 0.1) is 0 Å². The van der Waals surface area contributed by atoms with E-state index in [-0.39, 0.29) is 0 Å². The van der Waals surface area contributed by atoms with Crippen molar-refractivity contribution in [1.82, 2.24) is 14.5 Å². The second-order valence-electron chi connectivity index (χ2n) is 16.8. The maximum atomic E-state index is 5.36. The first-order valence-corrected chi connectivity index (χ1v) is 22.1. The van der Waals surface area contributed by atoms with Gasteiger partial charge in [-0.3, -0.25) is 0 Å². The Morgan fingerprint density at radius 3 is 1.19 bits per heavy atom. The quantitative estimate of drug-likeness (QED) is 0.145. The Kier molecular flexibility index (Phi) is 10.1. The van der Waals surface area contributed by atoms with Crippen LogP contribution in [0.25, 0.3) is 106 Å². The summed E-state index contributed by atoms with van der Waals surface area (Å²) in [6.45, 7) is 4.51. The highest BCUT2D eigenvalue weighted by atomic mass is 15.0. The van der Waals surface area contributed by atoms with Gasteiger partial charge in [0.1, 0.15) is 0 Å². The van der Waals surface area contributed by atoms with Gasteiger partial charge in [0, 0.05) is 38.6 Å². The van der Waals surface area contributed by atoms with E-state index >= 15 is 0 Å². The monoisotopic (exact) mass is 819 g/mol. The second-order valence-corrected chi connectivity index (χ2v) is 16.8. The molecule has 0 saturated heterocycles. The summed E-state index contributed by atoms with van der Waals surface area (Å²) >= 11 is 0. The van der Waals surface area contributed by atoms with E-state index in [9.17, 15) is 0 Å². The molecule has 0 atom stereocenters. The number of hydrogen-bond acceptors (Lipinski definition) is 2. The van der Waals surface area contributed by atoms with Crippen molar-refractivity contribution in [3.8, 4) is 84.1 Å². The zero-order valence-electron chi connectivity index (χ0n) is 35.9. The first-order valence-electron chi connectivity index (χ1n) is 22.1. The molecule has 0 aliphatic heterocycles. The van der Waals surface area contributed by atoms with Crippen molar-refractivity contribution in [2.75, 3.05) is 0 Å².